The first-order chi connectivity index (χ1) is 9.19. The molecule has 0 aliphatic heterocycles. The summed E-state index contributed by atoms with van der Waals surface area (Å²) in [6.07, 6.45) is 1.49. The SMILES string of the molecule is COc1cccc(C(=O)NCc2cc(C)ncn2)c1. The van der Waals surface area contributed by atoms with Crippen LogP contribution in [0.2, 0.25) is 0 Å². The van der Waals surface area contributed by atoms with Crippen LogP contribution in [0.5, 0.6) is 5.75 Å². The molecule has 1 aromatic heterocycles. The number of rotatable bonds is 4. The highest BCUT2D eigenvalue weighted by Gasteiger charge is 2.06. The molecule has 0 atom stereocenters. The summed E-state index contributed by atoms with van der Waals surface area (Å²) in [5.41, 5.74) is 2.22. The van der Waals surface area contributed by atoms with Gasteiger partial charge in [-0.05, 0) is 31.2 Å². The first-order valence-corrected chi connectivity index (χ1v) is 5.89. The van der Waals surface area contributed by atoms with E-state index in [1.807, 2.05) is 13.0 Å². The maximum Gasteiger partial charge on any atom is 0.251 e. The van der Waals surface area contributed by atoms with Crippen molar-refractivity contribution in [1.29, 1.82) is 0 Å². The van der Waals surface area contributed by atoms with E-state index in [1.165, 1.54) is 6.33 Å². The molecule has 0 saturated carbocycles. The molecule has 1 heterocycles. The normalized spacial score (nSPS) is 10.0. The number of benzene rings is 1. The van der Waals surface area contributed by atoms with Gasteiger partial charge in [-0.15, -0.1) is 0 Å². The van der Waals surface area contributed by atoms with E-state index in [-0.39, 0.29) is 5.91 Å². The Balaban J connectivity index is 2.01. The number of aryl methyl sites for hydroxylation is 1. The number of hydrogen-bond acceptors (Lipinski definition) is 4. The Morgan fingerprint density at radius 2 is 2.16 bits per heavy atom. The zero-order valence-corrected chi connectivity index (χ0v) is 10.9. The van der Waals surface area contributed by atoms with Crippen LogP contribution < -0.4 is 10.1 Å². The van der Waals surface area contributed by atoms with Gasteiger partial charge in [0.05, 0.1) is 19.3 Å². The summed E-state index contributed by atoms with van der Waals surface area (Å²) < 4.78 is 5.08. The highest BCUT2D eigenvalue weighted by Crippen LogP contribution is 2.12. The molecule has 0 spiro atoms. The number of aromatic nitrogens is 2. The van der Waals surface area contributed by atoms with E-state index in [2.05, 4.69) is 15.3 Å². The van der Waals surface area contributed by atoms with Gasteiger partial charge in [-0.1, -0.05) is 6.07 Å². The molecule has 1 N–H and O–H groups in total. The third-order valence-corrected chi connectivity index (χ3v) is 2.62. The smallest absolute Gasteiger partial charge is 0.251 e. The van der Waals surface area contributed by atoms with Gasteiger partial charge in [0, 0.05) is 11.3 Å². The van der Waals surface area contributed by atoms with E-state index in [0.29, 0.717) is 17.9 Å². The first-order valence-electron chi connectivity index (χ1n) is 5.89. The van der Waals surface area contributed by atoms with Crippen LogP contribution in [0.4, 0.5) is 0 Å². The standard InChI is InChI=1S/C14H15N3O2/c1-10-6-12(17-9-16-10)8-15-14(18)11-4-3-5-13(7-11)19-2/h3-7,9H,8H2,1-2H3,(H,15,18). The van der Waals surface area contributed by atoms with Crippen molar-refractivity contribution in [3.05, 3.63) is 53.6 Å². The highest BCUT2D eigenvalue weighted by molar-refractivity contribution is 5.94. The molecule has 0 aliphatic carbocycles. The Morgan fingerprint density at radius 1 is 1.32 bits per heavy atom. The minimum absolute atomic E-state index is 0.157. The summed E-state index contributed by atoms with van der Waals surface area (Å²) in [7, 11) is 1.57. The molecule has 0 aliphatic rings. The number of amides is 1. The topological polar surface area (TPSA) is 64.1 Å². The van der Waals surface area contributed by atoms with Gasteiger partial charge >= 0.3 is 0 Å². The predicted molar refractivity (Wildman–Crippen MR) is 70.9 cm³/mol. The van der Waals surface area contributed by atoms with Crippen LogP contribution in [0, 0.1) is 6.92 Å². The first kappa shape index (κ1) is 13.0. The van der Waals surface area contributed by atoms with E-state index in [9.17, 15) is 4.79 Å². The van der Waals surface area contributed by atoms with Crippen molar-refractivity contribution in [3.8, 4) is 5.75 Å². The molecule has 1 amide bonds. The summed E-state index contributed by atoms with van der Waals surface area (Å²) in [5.74, 6) is 0.501. The van der Waals surface area contributed by atoms with Crippen molar-refractivity contribution < 1.29 is 9.53 Å². The molecule has 5 nitrogen and oxygen atoms in total. The van der Waals surface area contributed by atoms with Crippen LogP contribution in [0.3, 0.4) is 0 Å². The van der Waals surface area contributed by atoms with Crippen molar-refractivity contribution in [2.75, 3.05) is 7.11 Å². The van der Waals surface area contributed by atoms with E-state index in [0.717, 1.165) is 11.4 Å². The Kier molecular flexibility index (Phi) is 4.07. The minimum atomic E-state index is -0.157. The largest absolute Gasteiger partial charge is 0.497 e. The monoisotopic (exact) mass is 257 g/mol. The average Bonchev–Trinajstić information content (AvgIpc) is 2.45. The molecule has 0 unspecified atom stereocenters. The molecule has 0 saturated heterocycles. The number of carbonyl (C=O) groups is 1. The van der Waals surface area contributed by atoms with E-state index < -0.39 is 0 Å². The van der Waals surface area contributed by atoms with Crippen molar-refractivity contribution in [2.24, 2.45) is 0 Å². The second kappa shape index (κ2) is 5.95. The third-order valence-electron chi connectivity index (χ3n) is 2.62. The lowest BCUT2D eigenvalue weighted by molar-refractivity contribution is 0.0950. The molecule has 2 rings (SSSR count). The number of methoxy groups -OCH3 is 1. The van der Waals surface area contributed by atoms with E-state index in [4.69, 9.17) is 4.74 Å². The lowest BCUT2D eigenvalue weighted by atomic mass is 10.2. The zero-order valence-electron chi connectivity index (χ0n) is 10.9. The Bertz CT molecular complexity index is 584. The summed E-state index contributed by atoms with van der Waals surface area (Å²) >= 11 is 0. The van der Waals surface area contributed by atoms with Crippen molar-refractivity contribution in [3.63, 3.8) is 0 Å². The fraction of sp³-hybridized carbons (Fsp3) is 0.214. The summed E-state index contributed by atoms with van der Waals surface area (Å²) in [4.78, 5) is 20.1. The van der Waals surface area contributed by atoms with Gasteiger partial charge in [0.15, 0.2) is 0 Å². The lowest BCUT2D eigenvalue weighted by Gasteiger charge is -2.06. The van der Waals surface area contributed by atoms with Crippen molar-refractivity contribution >= 4 is 5.91 Å². The van der Waals surface area contributed by atoms with Gasteiger partial charge in [-0.25, -0.2) is 9.97 Å². The molecule has 0 bridgehead atoms. The lowest BCUT2D eigenvalue weighted by Crippen LogP contribution is -2.23. The summed E-state index contributed by atoms with van der Waals surface area (Å²) in [5, 5.41) is 2.81. The fourth-order valence-electron chi connectivity index (χ4n) is 1.64. The summed E-state index contributed by atoms with van der Waals surface area (Å²) in [6, 6.07) is 8.85. The molecule has 0 radical (unpaired) electrons. The van der Waals surface area contributed by atoms with Crippen molar-refractivity contribution in [1.82, 2.24) is 15.3 Å². The second-order valence-corrected chi connectivity index (χ2v) is 4.07. The van der Waals surface area contributed by atoms with Crippen LogP contribution in [0.25, 0.3) is 0 Å². The molecule has 98 valence electrons. The Hall–Kier alpha value is -2.43. The van der Waals surface area contributed by atoms with Crippen LogP contribution in [-0.4, -0.2) is 23.0 Å². The van der Waals surface area contributed by atoms with Gasteiger partial charge < -0.3 is 10.1 Å². The van der Waals surface area contributed by atoms with Gasteiger partial charge in [0.25, 0.3) is 5.91 Å². The predicted octanol–water partition coefficient (Wildman–Crippen LogP) is 1.72. The fourth-order valence-corrected chi connectivity index (χ4v) is 1.64. The molecule has 19 heavy (non-hydrogen) atoms. The third kappa shape index (κ3) is 3.51. The van der Waals surface area contributed by atoms with E-state index >= 15 is 0 Å². The number of carbonyl (C=O) groups excluding carboxylic acids is 1. The maximum atomic E-state index is 12.0. The van der Waals surface area contributed by atoms with E-state index in [1.54, 1.807) is 31.4 Å². The van der Waals surface area contributed by atoms with Gasteiger partial charge in [-0.3, -0.25) is 4.79 Å². The Morgan fingerprint density at radius 3 is 2.89 bits per heavy atom. The van der Waals surface area contributed by atoms with Crippen LogP contribution in [-0.2, 0) is 6.54 Å². The quantitative estimate of drug-likeness (QED) is 0.905. The molecule has 5 heteroatoms. The van der Waals surface area contributed by atoms with Crippen LogP contribution >= 0.6 is 0 Å². The van der Waals surface area contributed by atoms with Gasteiger partial charge in [-0.2, -0.15) is 0 Å². The molecular formula is C14H15N3O2. The molecule has 0 fully saturated rings. The van der Waals surface area contributed by atoms with Crippen LogP contribution in [0.1, 0.15) is 21.7 Å². The van der Waals surface area contributed by atoms with Crippen LogP contribution in [0.15, 0.2) is 36.7 Å². The van der Waals surface area contributed by atoms with Gasteiger partial charge in [0.2, 0.25) is 0 Å². The number of hydrogen-bond donors (Lipinski definition) is 1. The minimum Gasteiger partial charge on any atom is -0.497 e. The molecular weight excluding hydrogens is 242 g/mol. The molecule has 2 aromatic rings. The average molecular weight is 257 g/mol. The zero-order chi connectivity index (χ0) is 13.7. The number of nitrogens with one attached hydrogen (secondary N) is 1. The number of ether oxygens (including phenoxy) is 1. The number of nitrogens with zero attached hydrogens (tertiary/aromatic N) is 2. The van der Waals surface area contributed by atoms with Gasteiger partial charge in [0.1, 0.15) is 12.1 Å². The molecule has 1 aromatic carbocycles. The maximum absolute atomic E-state index is 12.0. The van der Waals surface area contributed by atoms with Crippen molar-refractivity contribution in [2.45, 2.75) is 13.5 Å². The highest BCUT2D eigenvalue weighted by atomic mass is 16.5. The Labute approximate surface area is 111 Å². The summed E-state index contributed by atoms with van der Waals surface area (Å²) in [6.45, 7) is 2.26. The second-order valence-electron chi connectivity index (χ2n) is 4.07.